The van der Waals surface area contributed by atoms with E-state index in [0.717, 1.165) is 0 Å². The van der Waals surface area contributed by atoms with Crippen molar-refractivity contribution in [3.63, 3.8) is 0 Å². The molecule has 1 rings (SSSR count). The summed E-state index contributed by atoms with van der Waals surface area (Å²) in [4.78, 5) is 52.7. The van der Waals surface area contributed by atoms with Crippen LogP contribution in [-0.2, 0) is 25.6 Å². The lowest BCUT2D eigenvalue weighted by Gasteiger charge is -2.24. The first-order chi connectivity index (χ1) is 12.6. The van der Waals surface area contributed by atoms with Crippen molar-refractivity contribution < 1.29 is 34.5 Å². The molecule has 0 aromatic carbocycles. The Bertz CT molecular complexity index is 662. The Balaban J connectivity index is 2.74. The van der Waals surface area contributed by atoms with Crippen molar-refractivity contribution in [2.45, 2.75) is 50.4 Å². The minimum Gasteiger partial charge on any atom is -0.481 e. The van der Waals surface area contributed by atoms with Gasteiger partial charge in [0.15, 0.2) is 0 Å². The van der Waals surface area contributed by atoms with Crippen molar-refractivity contribution in [3.8, 4) is 0 Å². The van der Waals surface area contributed by atoms with Gasteiger partial charge in [-0.2, -0.15) is 0 Å². The number of aliphatic carboxylic acids is 2. The summed E-state index contributed by atoms with van der Waals surface area (Å²) in [5, 5.41) is 32.1. The van der Waals surface area contributed by atoms with Crippen LogP contribution in [0.1, 0.15) is 25.5 Å². The predicted octanol–water partition coefficient (Wildman–Crippen LogP) is -2.42. The molecule has 1 aromatic rings. The molecular formula is C15H23N5O7. The average molecular weight is 385 g/mol. The van der Waals surface area contributed by atoms with Crippen LogP contribution in [0.5, 0.6) is 0 Å². The van der Waals surface area contributed by atoms with Crippen molar-refractivity contribution >= 4 is 23.8 Å². The molecule has 12 heteroatoms. The highest BCUT2D eigenvalue weighted by molar-refractivity contribution is 5.92. The van der Waals surface area contributed by atoms with Gasteiger partial charge in [-0.1, -0.05) is 0 Å². The van der Waals surface area contributed by atoms with Crippen LogP contribution in [0.15, 0.2) is 12.5 Å². The molecule has 0 aliphatic carbocycles. The lowest BCUT2D eigenvalue weighted by Crippen LogP contribution is -2.58. The standard InChI is InChI=1S/C15H23N5O7/c1-7(21)12(20-13(24)9(16)2-3-11(22)23)14(25)19-10(15(26)27)4-8-5-17-6-18-8/h5-7,9-10,12,21H,2-4,16H2,1H3,(H,17,18)(H,19,25)(H,20,24)(H,22,23)(H,26,27)/t7-,9+,10+,12+/m1/s1. The fourth-order valence-electron chi connectivity index (χ4n) is 2.15. The first-order valence-corrected chi connectivity index (χ1v) is 8.08. The summed E-state index contributed by atoms with van der Waals surface area (Å²) in [5.74, 6) is -4.20. The molecule has 0 saturated heterocycles. The van der Waals surface area contributed by atoms with Gasteiger partial charge >= 0.3 is 11.9 Å². The summed E-state index contributed by atoms with van der Waals surface area (Å²) < 4.78 is 0. The van der Waals surface area contributed by atoms with E-state index in [1.165, 1.54) is 19.4 Å². The second-order valence-corrected chi connectivity index (χ2v) is 5.95. The molecule has 8 N–H and O–H groups in total. The van der Waals surface area contributed by atoms with E-state index in [9.17, 15) is 29.4 Å². The third kappa shape index (κ3) is 7.42. The number of imidazole rings is 1. The highest BCUT2D eigenvalue weighted by atomic mass is 16.4. The topological polar surface area (TPSA) is 208 Å². The van der Waals surface area contributed by atoms with Crippen LogP contribution in [0.4, 0.5) is 0 Å². The molecule has 0 radical (unpaired) electrons. The molecule has 0 fully saturated rings. The minimum absolute atomic E-state index is 0.0837. The summed E-state index contributed by atoms with van der Waals surface area (Å²) in [5.41, 5.74) is 6.03. The Morgan fingerprint density at radius 2 is 1.89 bits per heavy atom. The Morgan fingerprint density at radius 1 is 1.22 bits per heavy atom. The zero-order valence-corrected chi connectivity index (χ0v) is 14.6. The van der Waals surface area contributed by atoms with Crippen molar-refractivity contribution in [3.05, 3.63) is 18.2 Å². The molecule has 0 bridgehead atoms. The van der Waals surface area contributed by atoms with Gasteiger partial charge in [0.25, 0.3) is 0 Å². The fraction of sp³-hybridized carbons (Fsp3) is 0.533. The zero-order valence-electron chi connectivity index (χ0n) is 14.6. The third-order valence-corrected chi connectivity index (χ3v) is 3.66. The van der Waals surface area contributed by atoms with Gasteiger partial charge in [-0.15, -0.1) is 0 Å². The molecule has 1 aromatic heterocycles. The number of carbonyl (C=O) groups excluding carboxylic acids is 2. The van der Waals surface area contributed by atoms with E-state index in [4.69, 9.17) is 10.8 Å². The number of hydrogen-bond acceptors (Lipinski definition) is 7. The number of rotatable bonds is 11. The first-order valence-electron chi connectivity index (χ1n) is 8.08. The summed E-state index contributed by atoms with van der Waals surface area (Å²) in [6, 6.07) is -3.98. The lowest BCUT2D eigenvalue weighted by atomic mass is 10.1. The van der Waals surface area contributed by atoms with Crippen LogP contribution in [0.25, 0.3) is 0 Å². The molecule has 12 nitrogen and oxygen atoms in total. The molecular weight excluding hydrogens is 362 g/mol. The molecule has 2 amide bonds. The summed E-state index contributed by atoms with van der Waals surface area (Å²) >= 11 is 0. The lowest BCUT2D eigenvalue weighted by molar-refractivity contribution is -0.142. The van der Waals surface area contributed by atoms with Gasteiger partial charge in [0.05, 0.1) is 18.5 Å². The fourth-order valence-corrected chi connectivity index (χ4v) is 2.15. The van der Waals surface area contributed by atoms with Crippen LogP contribution in [0.3, 0.4) is 0 Å². The average Bonchev–Trinajstić information content (AvgIpc) is 3.09. The maximum Gasteiger partial charge on any atom is 0.326 e. The Kier molecular flexibility index (Phi) is 8.35. The molecule has 27 heavy (non-hydrogen) atoms. The number of carboxylic acids is 2. The highest BCUT2D eigenvalue weighted by Crippen LogP contribution is 2.03. The minimum atomic E-state index is -1.46. The van der Waals surface area contributed by atoms with Crippen molar-refractivity contribution in [2.24, 2.45) is 5.73 Å². The van der Waals surface area contributed by atoms with E-state index in [-0.39, 0.29) is 19.3 Å². The van der Waals surface area contributed by atoms with E-state index in [1.54, 1.807) is 0 Å². The van der Waals surface area contributed by atoms with Crippen LogP contribution in [-0.4, -0.2) is 73.3 Å². The molecule has 0 aliphatic heterocycles. The number of aliphatic hydroxyl groups excluding tert-OH is 1. The van der Waals surface area contributed by atoms with Gasteiger partial charge in [0, 0.05) is 24.7 Å². The summed E-state index contributed by atoms with van der Waals surface area (Å²) in [6.45, 7) is 1.23. The van der Waals surface area contributed by atoms with E-state index in [1.807, 2.05) is 0 Å². The van der Waals surface area contributed by atoms with Gasteiger partial charge in [0.2, 0.25) is 11.8 Å². The molecule has 0 unspecified atom stereocenters. The zero-order chi connectivity index (χ0) is 20.6. The number of aromatic amines is 1. The van der Waals surface area contributed by atoms with Crippen molar-refractivity contribution in [2.75, 3.05) is 0 Å². The smallest absolute Gasteiger partial charge is 0.326 e. The first kappa shape index (κ1) is 22.1. The Hall–Kier alpha value is -2.99. The van der Waals surface area contributed by atoms with Gasteiger partial charge in [0.1, 0.15) is 12.1 Å². The van der Waals surface area contributed by atoms with Gasteiger partial charge in [-0.05, 0) is 13.3 Å². The molecule has 150 valence electrons. The number of carboxylic acid groups (broad SMARTS) is 2. The molecule has 1 heterocycles. The second-order valence-electron chi connectivity index (χ2n) is 5.95. The largest absolute Gasteiger partial charge is 0.481 e. The Labute approximate surface area is 154 Å². The maximum atomic E-state index is 12.3. The van der Waals surface area contributed by atoms with Crippen molar-refractivity contribution in [1.82, 2.24) is 20.6 Å². The maximum absolute atomic E-state index is 12.3. The number of aromatic nitrogens is 2. The number of carbonyl (C=O) groups is 4. The second kappa shape index (κ2) is 10.2. The van der Waals surface area contributed by atoms with Gasteiger partial charge in [-0.3, -0.25) is 14.4 Å². The Morgan fingerprint density at radius 3 is 2.37 bits per heavy atom. The van der Waals surface area contributed by atoms with Crippen molar-refractivity contribution in [1.29, 1.82) is 0 Å². The number of aliphatic hydroxyl groups is 1. The third-order valence-electron chi connectivity index (χ3n) is 3.66. The molecule has 4 atom stereocenters. The van der Waals surface area contributed by atoms with E-state index in [2.05, 4.69) is 20.6 Å². The van der Waals surface area contributed by atoms with E-state index in [0.29, 0.717) is 5.69 Å². The number of amides is 2. The van der Waals surface area contributed by atoms with E-state index >= 15 is 0 Å². The van der Waals surface area contributed by atoms with Crippen LogP contribution in [0.2, 0.25) is 0 Å². The molecule has 0 aliphatic rings. The number of nitrogens with zero attached hydrogens (tertiary/aromatic N) is 1. The van der Waals surface area contributed by atoms with Crippen LogP contribution < -0.4 is 16.4 Å². The number of nitrogens with two attached hydrogens (primary N) is 1. The SMILES string of the molecule is C[C@@H](O)[C@H](NC(=O)[C@@H](N)CCC(=O)O)C(=O)N[C@@H](Cc1cnc[nH]1)C(=O)O. The monoisotopic (exact) mass is 385 g/mol. The van der Waals surface area contributed by atoms with Gasteiger partial charge in [-0.25, -0.2) is 9.78 Å². The summed E-state index contributed by atoms with van der Waals surface area (Å²) in [7, 11) is 0. The highest BCUT2D eigenvalue weighted by Gasteiger charge is 2.31. The van der Waals surface area contributed by atoms with Crippen LogP contribution in [0, 0.1) is 0 Å². The number of nitrogens with one attached hydrogen (secondary N) is 3. The predicted molar refractivity (Wildman–Crippen MR) is 90.3 cm³/mol. The quantitative estimate of drug-likeness (QED) is 0.216. The van der Waals surface area contributed by atoms with Crippen LogP contribution >= 0.6 is 0 Å². The summed E-state index contributed by atoms with van der Waals surface area (Å²) in [6.07, 6.45) is 0.824. The molecule has 0 spiro atoms. The number of H-pyrrole nitrogens is 1. The molecule has 0 saturated carbocycles. The van der Waals surface area contributed by atoms with E-state index < -0.39 is 48.0 Å². The normalized spacial score (nSPS) is 15.2. The number of hydrogen-bond donors (Lipinski definition) is 7. The van der Waals surface area contributed by atoms with Gasteiger partial charge < -0.3 is 36.7 Å².